The Hall–Kier alpha value is -1.00. The van der Waals surface area contributed by atoms with Crippen molar-refractivity contribution in [2.24, 2.45) is 0 Å². The normalized spacial score (nSPS) is 9.92. The van der Waals surface area contributed by atoms with Gasteiger partial charge in [0.2, 0.25) is 0 Å². The summed E-state index contributed by atoms with van der Waals surface area (Å²) in [4.78, 5) is 3.35. The molecule has 0 saturated heterocycles. The summed E-state index contributed by atoms with van der Waals surface area (Å²) in [6.45, 7) is 11.0. The van der Waals surface area contributed by atoms with Gasteiger partial charge in [0.15, 0.2) is 5.69 Å². The molecule has 0 atom stereocenters. The summed E-state index contributed by atoms with van der Waals surface area (Å²) in [6, 6.07) is 5.37. The summed E-state index contributed by atoms with van der Waals surface area (Å²) in [5, 5.41) is 0.748. The summed E-state index contributed by atoms with van der Waals surface area (Å²) in [6.07, 6.45) is 0. The van der Waals surface area contributed by atoms with Crippen LogP contribution in [0.3, 0.4) is 0 Å². The lowest BCUT2D eigenvalue weighted by molar-refractivity contribution is 0.868. The van der Waals surface area contributed by atoms with Crippen LogP contribution in [0.4, 0.5) is 5.69 Å². The third-order valence-corrected chi connectivity index (χ3v) is 2.07. The molecule has 12 heavy (non-hydrogen) atoms. The zero-order valence-corrected chi connectivity index (χ0v) is 7.89. The highest BCUT2D eigenvalue weighted by Gasteiger charge is 2.04. The average molecular weight is 180 g/mol. The molecule has 0 aromatic heterocycles. The first-order valence-corrected chi connectivity index (χ1v) is 4.20. The Morgan fingerprint density at radius 1 is 1.42 bits per heavy atom. The van der Waals surface area contributed by atoms with Crippen molar-refractivity contribution in [2.45, 2.75) is 19.8 Å². The Morgan fingerprint density at radius 3 is 2.58 bits per heavy atom. The van der Waals surface area contributed by atoms with Crippen molar-refractivity contribution in [3.05, 3.63) is 40.2 Å². The van der Waals surface area contributed by atoms with Crippen LogP contribution in [-0.2, 0) is 0 Å². The molecule has 0 radical (unpaired) electrons. The molecule has 0 unspecified atom stereocenters. The second kappa shape index (κ2) is 3.60. The molecule has 0 spiro atoms. The minimum absolute atomic E-state index is 0.374. The van der Waals surface area contributed by atoms with E-state index in [2.05, 4.69) is 18.7 Å². The summed E-state index contributed by atoms with van der Waals surface area (Å²) in [5.74, 6) is 0.374. The monoisotopic (exact) mass is 179 g/mol. The highest BCUT2D eigenvalue weighted by atomic mass is 35.5. The van der Waals surface area contributed by atoms with Gasteiger partial charge in [-0.2, -0.15) is 0 Å². The number of benzene rings is 1. The number of rotatable bonds is 1. The fraction of sp³-hybridized carbons (Fsp3) is 0.300. The SMILES string of the molecule is [C-]#[N+]c1ccc(Cl)c(C(C)C)c1. The zero-order chi connectivity index (χ0) is 9.14. The van der Waals surface area contributed by atoms with E-state index in [-0.39, 0.29) is 0 Å². The third kappa shape index (κ3) is 1.78. The molecule has 0 aliphatic rings. The van der Waals surface area contributed by atoms with E-state index in [9.17, 15) is 0 Å². The van der Waals surface area contributed by atoms with Gasteiger partial charge >= 0.3 is 0 Å². The molecule has 0 bridgehead atoms. The molecule has 1 aromatic rings. The molecular weight excluding hydrogens is 170 g/mol. The van der Waals surface area contributed by atoms with Crippen LogP contribution in [0.5, 0.6) is 0 Å². The predicted molar refractivity (Wildman–Crippen MR) is 51.8 cm³/mol. The standard InChI is InChI=1S/C10H10ClN/c1-7(2)9-6-8(12-3)4-5-10(9)11/h4-7H,1-2H3. The van der Waals surface area contributed by atoms with Gasteiger partial charge in [-0.3, -0.25) is 0 Å². The van der Waals surface area contributed by atoms with E-state index in [0.29, 0.717) is 11.6 Å². The number of halogens is 1. The Kier molecular flexibility index (Phi) is 2.73. The van der Waals surface area contributed by atoms with E-state index in [1.807, 2.05) is 6.07 Å². The van der Waals surface area contributed by atoms with Crippen molar-refractivity contribution >= 4 is 17.3 Å². The van der Waals surface area contributed by atoms with Crippen LogP contribution < -0.4 is 0 Å². The maximum atomic E-state index is 6.83. The molecule has 0 heterocycles. The molecule has 62 valence electrons. The lowest BCUT2D eigenvalue weighted by Crippen LogP contribution is -1.87. The minimum atomic E-state index is 0.374. The van der Waals surface area contributed by atoms with Gasteiger partial charge < -0.3 is 0 Å². The van der Waals surface area contributed by atoms with E-state index in [0.717, 1.165) is 10.6 Å². The highest BCUT2D eigenvalue weighted by molar-refractivity contribution is 6.31. The van der Waals surface area contributed by atoms with Crippen molar-refractivity contribution in [3.63, 3.8) is 0 Å². The van der Waals surface area contributed by atoms with Gasteiger partial charge in [0.05, 0.1) is 6.57 Å². The topological polar surface area (TPSA) is 4.36 Å². The van der Waals surface area contributed by atoms with E-state index >= 15 is 0 Å². The first-order chi connectivity index (χ1) is 5.65. The van der Waals surface area contributed by atoms with Crippen LogP contribution in [0.1, 0.15) is 25.3 Å². The molecule has 0 saturated carbocycles. The fourth-order valence-electron chi connectivity index (χ4n) is 1.04. The van der Waals surface area contributed by atoms with Crippen LogP contribution in [0.2, 0.25) is 5.02 Å². The van der Waals surface area contributed by atoms with Crippen molar-refractivity contribution in [1.82, 2.24) is 0 Å². The summed E-state index contributed by atoms with van der Waals surface area (Å²) < 4.78 is 0. The molecule has 0 fully saturated rings. The number of hydrogen-bond acceptors (Lipinski definition) is 0. The van der Waals surface area contributed by atoms with E-state index in [4.69, 9.17) is 18.2 Å². The second-order valence-electron chi connectivity index (χ2n) is 2.97. The van der Waals surface area contributed by atoms with Crippen molar-refractivity contribution < 1.29 is 0 Å². The summed E-state index contributed by atoms with van der Waals surface area (Å²) in [7, 11) is 0. The molecule has 1 rings (SSSR count). The lowest BCUT2D eigenvalue weighted by Gasteiger charge is -2.07. The van der Waals surface area contributed by atoms with Gasteiger partial charge in [0, 0.05) is 5.02 Å². The first kappa shape index (κ1) is 9.09. The van der Waals surface area contributed by atoms with E-state index in [1.165, 1.54) is 0 Å². The predicted octanol–water partition coefficient (Wildman–Crippen LogP) is 4.01. The van der Waals surface area contributed by atoms with Gasteiger partial charge in [-0.1, -0.05) is 43.6 Å². The van der Waals surface area contributed by atoms with Crippen LogP contribution in [0, 0.1) is 6.57 Å². The Bertz CT molecular complexity index is 323. The number of hydrogen-bond donors (Lipinski definition) is 0. The quantitative estimate of drug-likeness (QED) is 0.574. The van der Waals surface area contributed by atoms with Crippen molar-refractivity contribution in [3.8, 4) is 0 Å². The Morgan fingerprint density at radius 2 is 2.08 bits per heavy atom. The van der Waals surface area contributed by atoms with Crippen LogP contribution in [0.15, 0.2) is 18.2 Å². The smallest absolute Gasteiger partial charge is 0.187 e. The van der Waals surface area contributed by atoms with Gasteiger partial charge in [-0.25, -0.2) is 4.85 Å². The molecular formula is C10H10ClN. The largest absolute Gasteiger partial charge is 0.238 e. The van der Waals surface area contributed by atoms with Crippen molar-refractivity contribution in [1.29, 1.82) is 0 Å². The van der Waals surface area contributed by atoms with Crippen molar-refractivity contribution in [2.75, 3.05) is 0 Å². The molecule has 0 amide bonds. The molecule has 2 heteroatoms. The van der Waals surface area contributed by atoms with E-state index < -0.39 is 0 Å². The third-order valence-electron chi connectivity index (χ3n) is 1.73. The maximum absolute atomic E-state index is 6.83. The van der Waals surface area contributed by atoms with Gasteiger partial charge in [0.1, 0.15) is 0 Å². The molecule has 0 aliphatic heterocycles. The Labute approximate surface area is 77.8 Å². The van der Waals surface area contributed by atoms with Gasteiger partial charge in [0.25, 0.3) is 0 Å². The fourth-order valence-corrected chi connectivity index (χ4v) is 1.38. The van der Waals surface area contributed by atoms with Gasteiger partial charge in [-0.15, -0.1) is 0 Å². The zero-order valence-electron chi connectivity index (χ0n) is 7.13. The maximum Gasteiger partial charge on any atom is 0.187 e. The molecule has 1 nitrogen and oxygen atoms in total. The van der Waals surface area contributed by atoms with Gasteiger partial charge in [-0.05, 0) is 11.5 Å². The molecule has 0 N–H and O–H groups in total. The summed E-state index contributed by atoms with van der Waals surface area (Å²) >= 11 is 5.95. The first-order valence-electron chi connectivity index (χ1n) is 3.82. The Balaban J connectivity index is 3.19. The second-order valence-corrected chi connectivity index (χ2v) is 3.38. The lowest BCUT2D eigenvalue weighted by atomic mass is 10.0. The van der Waals surface area contributed by atoms with Crippen LogP contribution >= 0.6 is 11.6 Å². The van der Waals surface area contributed by atoms with Crippen LogP contribution in [0.25, 0.3) is 4.85 Å². The average Bonchev–Trinajstić information content (AvgIpc) is 2.05. The van der Waals surface area contributed by atoms with Crippen LogP contribution in [-0.4, -0.2) is 0 Å². The highest BCUT2D eigenvalue weighted by Crippen LogP contribution is 2.28. The molecule has 0 aliphatic carbocycles. The number of nitrogens with zero attached hydrogens (tertiary/aromatic N) is 1. The molecule has 1 aromatic carbocycles. The minimum Gasteiger partial charge on any atom is -0.238 e. The summed E-state index contributed by atoms with van der Waals surface area (Å²) in [5.41, 5.74) is 1.70. The van der Waals surface area contributed by atoms with E-state index in [1.54, 1.807) is 12.1 Å².